The Labute approximate surface area is 130 Å². The topological polar surface area (TPSA) is 35.2 Å². The van der Waals surface area contributed by atoms with Crippen LogP contribution in [0.1, 0.15) is 51.9 Å². The van der Waals surface area contributed by atoms with E-state index in [1.165, 1.54) is 40.8 Å². The summed E-state index contributed by atoms with van der Waals surface area (Å²) in [7, 11) is 1.74. The lowest BCUT2D eigenvalue weighted by atomic mass is 9.79. The van der Waals surface area contributed by atoms with Crippen LogP contribution in [-0.4, -0.2) is 7.11 Å². The summed E-state index contributed by atoms with van der Waals surface area (Å²) in [6.45, 7) is 4.23. The number of rotatable bonds is 3. The fourth-order valence-corrected chi connectivity index (χ4v) is 4.45. The maximum atomic E-state index is 6.66. The molecule has 1 heterocycles. The molecule has 2 nitrogen and oxygen atoms in total. The molecule has 0 spiro atoms. The van der Waals surface area contributed by atoms with Crippen LogP contribution in [0.4, 0.5) is 0 Å². The van der Waals surface area contributed by atoms with E-state index in [1.807, 2.05) is 11.3 Å². The molecule has 21 heavy (non-hydrogen) atoms. The first kappa shape index (κ1) is 14.6. The first-order valence-electron chi connectivity index (χ1n) is 7.59. The lowest BCUT2D eigenvalue weighted by Gasteiger charge is -2.30. The molecule has 112 valence electrons. The zero-order valence-corrected chi connectivity index (χ0v) is 13.8. The Hall–Kier alpha value is -1.32. The van der Waals surface area contributed by atoms with Crippen LogP contribution in [0, 0.1) is 13.8 Å². The Kier molecular flexibility index (Phi) is 4.05. The quantitative estimate of drug-likeness (QED) is 0.906. The number of methoxy groups -OCH3 is 1. The van der Waals surface area contributed by atoms with E-state index in [1.54, 1.807) is 7.11 Å². The van der Waals surface area contributed by atoms with Gasteiger partial charge >= 0.3 is 0 Å². The highest BCUT2D eigenvalue weighted by Crippen LogP contribution is 2.44. The molecule has 1 aromatic heterocycles. The number of thiophene rings is 1. The number of nitrogens with two attached hydrogens (primary N) is 1. The summed E-state index contributed by atoms with van der Waals surface area (Å²) in [6.07, 6.45) is 3.61. The molecule has 0 bridgehead atoms. The van der Waals surface area contributed by atoms with Crippen molar-refractivity contribution in [1.82, 2.24) is 0 Å². The average Bonchev–Trinajstić information content (AvgIpc) is 2.97. The summed E-state index contributed by atoms with van der Waals surface area (Å²) in [5.74, 6) is 1.38. The predicted molar refractivity (Wildman–Crippen MR) is 89.4 cm³/mol. The Morgan fingerprint density at radius 2 is 2.10 bits per heavy atom. The summed E-state index contributed by atoms with van der Waals surface area (Å²) in [4.78, 5) is 1.52. The van der Waals surface area contributed by atoms with Gasteiger partial charge in [0.2, 0.25) is 0 Å². The van der Waals surface area contributed by atoms with Crippen LogP contribution in [0.3, 0.4) is 0 Å². The smallest absolute Gasteiger partial charge is 0.126 e. The van der Waals surface area contributed by atoms with Gasteiger partial charge in [-0.3, -0.25) is 0 Å². The second-order valence-corrected chi connectivity index (χ2v) is 6.95. The summed E-state index contributed by atoms with van der Waals surface area (Å²) in [5, 5.41) is 2.20. The highest BCUT2D eigenvalue weighted by molar-refractivity contribution is 7.10. The molecule has 2 atom stereocenters. The molecule has 2 aromatic rings. The molecule has 0 saturated heterocycles. The van der Waals surface area contributed by atoms with E-state index in [9.17, 15) is 0 Å². The molecule has 3 heteroatoms. The van der Waals surface area contributed by atoms with Gasteiger partial charge in [0.05, 0.1) is 7.11 Å². The molecule has 3 rings (SSSR count). The molecule has 1 aliphatic carbocycles. The minimum atomic E-state index is 0.00731. The normalized spacial score (nSPS) is 19.1. The van der Waals surface area contributed by atoms with Crippen molar-refractivity contribution in [2.24, 2.45) is 5.73 Å². The summed E-state index contributed by atoms with van der Waals surface area (Å²) in [6, 6.07) is 6.57. The Bertz CT molecular complexity index is 647. The van der Waals surface area contributed by atoms with Gasteiger partial charge in [0.15, 0.2) is 0 Å². The zero-order chi connectivity index (χ0) is 15.0. The first-order valence-corrected chi connectivity index (χ1v) is 8.47. The number of fused-ring (bicyclic) bond motifs is 1. The lowest BCUT2D eigenvalue weighted by Crippen LogP contribution is -2.23. The second kappa shape index (κ2) is 5.82. The van der Waals surface area contributed by atoms with Crippen LogP contribution in [0.15, 0.2) is 23.6 Å². The Morgan fingerprint density at radius 3 is 2.86 bits per heavy atom. The third-order valence-corrected chi connectivity index (χ3v) is 5.80. The van der Waals surface area contributed by atoms with Crippen LogP contribution in [-0.2, 0) is 6.42 Å². The van der Waals surface area contributed by atoms with E-state index >= 15 is 0 Å². The van der Waals surface area contributed by atoms with Gasteiger partial charge in [-0.1, -0.05) is 12.1 Å². The van der Waals surface area contributed by atoms with Crippen molar-refractivity contribution in [3.05, 3.63) is 50.7 Å². The van der Waals surface area contributed by atoms with Crippen LogP contribution < -0.4 is 10.5 Å². The van der Waals surface area contributed by atoms with E-state index in [2.05, 4.69) is 37.4 Å². The van der Waals surface area contributed by atoms with Crippen LogP contribution in [0.25, 0.3) is 0 Å². The van der Waals surface area contributed by atoms with E-state index in [0.717, 1.165) is 11.3 Å². The minimum absolute atomic E-state index is 0.00731. The molecule has 1 aromatic carbocycles. The van der Waals surface area contributed by atoms with Crippen molar-refractivity contribution in [2.75, 3.05) is 7.11 Å². The molecule has 0 radical (unpaired) electrons. The van der Waals surface area contributed by atoms with Crippen LogP contribution >= 0.6 is 11.3 Å². The molecule has 0 amide bonds. The molecule has 2 unspecified atom stereocenters. The van der Waals surface area contributed by atoms with Gasteiger partial charge in [-0.2, -0.15) is 0 Å². The molecule has 0 aliphatic heterocycles. The van der Waals surface area contributed by atoms with Crippen molar-refractivity contribution < 1.29 is 4.74 Å². The van der Waals surface area contributed by atoms with Gasteiger partial charge in [0.1, 0.15) is 5.75 Å². The standard InChI is InChI=1S/C18H23NOS/c1-11-7-8-15(18(20-3)12(11)2)17(19)14-5-4-6-16-13(14)9-10-21-16/h7-10,14,17H,4-6,19H2,1-3H3. The fraction of sp³-hybridized carbons (Fsp3) is 0.444. The molecule has 1 aliphatic rings. The molecule has 0 fully saturated rings. The molecular weight excluding hydrogens is 278 g/mol. The third kappa shape index (κ3) is 2.49. The minimum Gasteiger partial charge on any atom is -0.496 e. The van der Waals surface area contributed by atoms with Gasteiger partial charge < -0.3 is 10.5 Å². The Balaban J connectivity index is 2.01. The van der Waals surface area contributed by atoms with E-state index in [4.69, 9.17) is 10.5 Å². The van der Waals surface area contributed by atoms with Crippen molar-refractivity contribution in [3.8, 4) is 5.75 Å². The highest BCUT2D eigenvalue weighted by Gasteiger charge is 2.29. The summed E-state index contributed by atoms with van der Waals surface area (Å²) >= 11 is 1.87. The maximum absolute atomic E-state index is 6.66. The van der Waals surface area contributed by atoms with Crippen LogP contribution in [0.2, 0.25) is 0 Å². The number of aryl methyl sites for hydroxylation is 2. The molecular formula is C18H23NOS. The monoisotopic (exact) mass is 301 g/mol. The SMILES string of the molecule is COc1c(C(N)C2CCCc3sccc32)ccc(C)c1C. The largest absolute Gasteiger partial charge is 0.496 e. The zero-order valence-electron chi connectivity index (χ0n) is 13.0. The van der Waals surface area contributed by atoms with Gasteiger partial charge in [-0.25, -0.2) is 0 Å². The van der Waals surface area contributed by atoms with Crippen LogP contribution in [0.5, 0.6) is 5.75 Å². The highest BCUT2D eigenvalue weighted by atomic mass is 32.1. The van der Waals surface area contributed by atoms with Crippen molar-refractivity contribution in [3.63, 3.8) is 0 Å². The van der Waals surface area contributed by atoms with Gasteiger partial charge in [-0.05, 0) is 61.2 Å². The van der Waals surface area contributed by atoms with Gasteiger partial charge in [0, 0.05) is 22.4 Å². The third-order valence-electron chi connectivity index (χ3n) is 4.80. The fourth-order valence-electron chi connectivity index (χ4n) is 3.46. The van der Waals surface area contributed by atoms with E-state index < -0.39 is 0 Å². The number of hydrogen-bond acceptors (Lipinski definition) is 3. The number of ether oxygens (including phenoxy) is 1. The lowest BCUT2D eigenvalue weighted by molar-refractivity contribution is 0.392. The second-order valence-electron chi connectivity index (χ2n) is 5.95. The van der Waals surface area contributed by atoms with Crippen molar-refractivity contribution in [1.29, 1.82) is 0 Å². The van der Waals surface area contributed by atoms with Crippen molar-refractivity contribution in [2.45, 2.75) is 45.1 Å². The van der Waals surface area contributed by atoms with E-state index in [-0.39, 0.29) is 6.04 Å². The predicted octanol–water partition coefficient (Wildman–Crippen LogP) is 4.49. The maximum Gasteiger partial charge on any atom is 0.126 e. The summed E-state index contributed by atoms with van der Waals surface area (Å²) < 4.78 is 5.66. The molecule has 0 saturated carbocycles. The molecule has 2 N–H and O–H groups in total. The van der Waals surface area contributed by atoms with E-state index in [0.29, 0.717) is 5.92 Å². The number of benzene rings is 1. The van der Waals surface area contributed by atoms with Crippen molar-refractivity contribution >= 4 is 11.3 Å². The van der Waals surface area contributed by atoms with Gasteiger partial charge in [-0.15, -0.1) is 11.3 Å². The first-order chi connectivity index (χ1) is 10.1. The van der Waals surface area contributed by atoms with Gasteiger partial charge in [0.25, 0.3) is 0 Å². The number of hydrogen-bond donors (Lipinski definition) is 1. The Morgan fingerprint density at radius 1 is 1.29 bits per heavy atom. The summed E-state index contributed by atoms with van der Waals surface area (Å²) in [5.41, 5.74) is 11.7. The average molecular weight is 301 g/mol.